The van der Waals surface area contributed by atoms with E-state index in [1.165, 1.54) is 104 Å². The zero-order valence-electron chi connectivity index (χ0n) is 59.0. The molecule has 24 nitrogen and oxygen atoms in total. The highest BCUT2D eigenvalue weighted by Crippen LogP contribution is 2.26. The highest BCUT2D eigenvalue weighted by molar-refractivity contribution is 7.99. The fourth-order valence-corrected chi connectivity index (χ4v) is 12.2. The second kappa shape index (κ2) is 38.3. The molecular weight excluding hydrogens is 1170 g/mol. The molecule has 7 N–H and O–H groups in total. The van der Waals surface area contributed by atoms with Gasteiger partial charge in [0, 0.05) is 67.4 Å². The molecule has 0 aromatic carbocycles. The van der Waals surface area contributed by atoms with E-state index in [2.05, 4.69) is 21.3 Å². The minimum atomic E-state index is -1.64. The van der Waals surface area contributed by atoms with Crippen molar-refractivity contribution >= 4 is 76.7 Å². The molecule has 1 aliphatic rings. The third-order valence-electron chi connectivity index (χ3n) is 16.9. The molecule has 0 radical (unpaired) electrons. The van der Waals surface area contributed by atoms with E-state index in [0.29, 0.717) is 12.2 Å². The Labute approximate surface area is 543 Å². The number of nitrogens with two attached hydrogens (primary N) is 1. The molecule has 0 aromatic rings. The SMILES string of the molecule is C/C=C/C[C@@H](C)[C@@H](O)[C@@H]1C(=O)N[C@H](CC)C(=O)N(C)[C@H](CSCCN)C(=O)N(C)[C@@H](CC(C)C)C(=O)N[C@H](C(C)C)C(=O)N(C)[C@H](CC(C)C)C(=O)N[C@H](C)C(=O)N[C@@H](C)C(=O)N(C)[C@H](CC(C)C)C(=O)N(C)[C@H](CC(C)C)C(=O)N(C)[C@H](C(C)C)C(=O)N1C. The van der Waals surface area contributed by atoms with Crippen LogP contribution < -0.4 is 27.0 Å². The molecule has 1 heterocycles. The van der Waals surface area contributed by atoms with E-state index in [-0.39, 0.29) is 68.1 Å². The number of hydrogen-bond acceptors (Lipinski definition) is 14. The summed E-state index contributed by atoms with van der Waals surface area (Å²) in [5.74, 6) is -9.45. The van der Waals surface area contributed by atoms with Gasteiger partial charge in [0.2, 0.25) is 65.0 Å². The first kappa shape index (κ1) is 82.2. The van der Waals surface area contributed by atoms with Crippen LogP contribution >= 0.6 is 11.8 Å². The maximum Gasteiger partial charge on any atom is 0.246 e. The number of aliphatic hydroxyl groups excluding tert-OH is 1. The van der Waals surface area contributed by atoms with Gasteiger partial charge in [-0.15, -0.1) is 0 Å². The zero-order valence-corrected chi connectivity index (χ0v) is 59.9. The van der Waals surface area contributed by atoms with E-state index in [4.69, 9.17) is 5.73 Å². The maximum absolute atomic E-state index is 15.3. The fraction of sp³-hybridized carbons (Fsp3) is 0.800. The van der Waals surface area contributed by atoms with Crippen molar-refractivity contribution < 1.29 is 57.8 Å². The lowest BCUT2D eigenvalue weighted by atomic mass is 9.91. The van der Waals surface area contributed by atoms with Gasteiger partial charge in [0.1, 0.15) is 66.5 Å². The Morgan fingerprint density at radius 1 is 0.467 bits per heavy atom. The molecule has 13 atom stereocenters. The number of amides is 11. The number of aliphatic hydroxyl groups is 1. The van der Waals surface area contributed by atoms with Crippen LogP contribution in [0.1, 0.15) is 156 Å². The lowest BCUT2D eigenvalue weighted by Gasteiger charge is -2.41. The average Bonchev–Trinajstić information content (AvgIpc) is 1.57. The molecule has 1 saturated heterocycles. The second-order valence-corrected chi connectivity index (χ2v) is 28.3. The van der Waals surface area contributed by atoms with Gasteiger partial charge in [0.15, 0.2) is 0 Å². The van der Waals surface area contributed by atoms with Gasteiger partial charge in [0.05, 0.1) is 6.10 Å². The predicted octanol–water partition coefficient (Wildman–Crippen LogP) is 3.33. The summed E-state index contributed by atoms with van der Waals surface area (Å²) >= 11 is 1.30. The van der Waals surface area contributed by atoms with Crippen molar-refractivity contribution in [1.29, 1.82) is 0 Å². The molecule has 0 aromatic heterocycles. The number of nitrogens with one attached hydrogen (secondary N) is 4. The first-order valence-corrected chi connectivity index (χ1v) is 33.5. The van der Waals surface area contributed by atoms with Crippen LogP contribution in [0.5, 0.6) is 0 Å². The number of allylic oxidation sites excluding steroid dienone is 2. The van der Waals surface area contributed by atoms with Crippen LogP contribution in [0.3, 0.4) is 0 Å². The van der Waals surface area contributed by atoms with Crippen molar-refractivity contribution in [2.24, 2.45) is 47.2 Å². The van der Waals surface area contributed by atoms with Crippen molar-refractivity contribution in [3.05, 3.63) is 12.2 Å². The first-order valence-electron chi connectivity index (χ1n) is 32.3. The molecule has 516 valence electrons. The summed E-state index contributed by atoms with van der Waals surface area (Å²) in [6.45, 7) is 30.2. The molecule has 1 aliphatic heterocycles. The molecule has 0 saturated carbocycles. The fourth-order valence-electron chi connectivity index (χ4n) is 11.3. The largest absolute Gasteiger partial charge is 0.390 e. The lowest BCUT2D eigenvalue weighted by molar-refractivity contribution is -0.157. The van der Waals surface area contributed by atoms with Gasteiger partial charge in [-0.1, -0.05) is 109 Å². The number of hydrogen-bond donors (Lipinski definition) is 6. The molecule has 1 fully saturated rings. The molecule has 1 rings (SSSR count). The first-order chi connectivity index (χ1) is 41.7. The maximum atomic E-state index is 15.3. The molecule has 25 heteroatoms. The summed E-state index contributed by atoms with van der Waals surface area (Å²) < 4.78 is 0. The van der Waals surface area contributed by atoms with Crippen molar-refractivity contribution in [3.63, 3.8) is 0 Å². The van der Waals surface area contributed by atoms with Gasteiger partial charge < -0.3 is 66.4 Å². The van der Waals surface area contributed by atoms with E-state index >= 15 is 24.0 Å². The minimum absolute atomic E-state index is 0.00227. The van der Waals surface area contributed by atoms with Crippen molar-refractivity contribution in [1.82, 2.24) is 55.6 Å². The topological polar surface area (TPSA) is 305 Å². The van der Waals surface area contributed by atoms with E-state index in [0.717, 1.165) is 4.90 Å². The Morgan fingerprint density at radius 3 is 1.31 bits per heavy atom. The Balaban J connectivity index is 4.50. The third kappa shape index (κ3) is 23.1. The molecule has 11 amide bonds. The van der Waals surface area contributed by atoms with Crippen LogP contribution in [0.15, 0.2) is 12.2 Å². The number of thioether (sulfide) groups is 1. The minimum Gasteiger partial charge on any atom is -0.390 e. The summed E-state index contributed by atoms with van der Waals surface area (Å²) in [6.07, 6.45) is 2.94. The Kier molecular flexibility index (Phi) is 34.9. The second-order valence-electron chi connectivity index (χ2n) is 27.2. The smallest absolute Gasteiger partial charge is 0.246 e. The van der Waals surface area contributed by atoms with Crippen LogP contribution in [-0.2, 0) is 52.7 Å². The molecule has 0 aliphatic carbocycles. The van der Waals surface area contributed by atoms with Gasteiger partial charge in [-0.3, -0.25) is 52.7 Å². The summed E-state index contributed by atoms with van der Waals surface area (Å²) in [7, 11) is 10.0. The quantitative estimate of drug-likeness (QED) is 0.0799. The Bertz CT molecular complexity index is 2440. The van der Waals surface area contributed by atoms with Gasteiger partial charge in [0.25, 0.3) is 0 Å². The summed E-state index contributed by atoms with van der Waals surface area (Å²) in [4.78, 5) is 172. The Morgan fingerprint density at radius 2 is 0.867 bits per heavy atom. The zero-order chi connectivity index (χ0) is 69.7. The van der Waals surface area contributed by atoms with Crippen LogP contribution in [0.4, 0.5) is 0 Å². The van der Waals surface area contributed by atoms with Gasteiger partial charge in [-0.2, -0.15) is 11.8 Å². The molecule has 0 spiro atoms. The number of likely N-dealkylation sites (N-methyl/N-ethyl adjacent to an activating group) is 7. The van der Waals surface area contributed by atoms with Crippen molar-refractivity contribution in [2.45, 2.75) is 229 Å². The molecule has 0 bridgehead atoms. The van der Waals surface area contributed by atoms with Crippen LogP contribution in [0.2, 0.25) is 0 Å². The molecule has 0 unspecified atom stereocenters. The average molecular weight is 1290 g/mol. The van der Waals surface area contributed by atoms with Gasteiger partial charge in [-0.25, -0.2) is 0 Å². The summed E-state index contributed by atoms with van der Waals surface area (Å²) in [6, 6.07) is -13.8. The van der Waals surface area contributed by atoms with Crippen LogP contribution in [0, 0.1) is 41.4 Å². The number of carbonyl (C=O) groups excluding carboxylic acids is 11. The van der Waals surface area contributed by atoms with E-state index < -0.39 is 155 Å². The number of carbonyl (C=O) groups is 11. The van der Waals surface area contributed by atoms with Gasteiger partial charge in [-0.05, 0) is 101 Å². The Hall–Kier alpha value is -5.82. The number of rotatable bonds is 19. The standard InChI is InChI=1S/C65H118N12O12S/c1-25-27-28-42(15)54(78)53-58(82)69-45(26-2)60(84)75(22)50(35-90-30-29-66)63(87)71(18)47(32-37(5)6)57(81)70-51(40(11)12)64(88)72(19)46(31-36(3)4)56(80)67-43(16)55(79)68-44(17)59(83)73(20)48(33-38(7)8)61(85)74(21)49(34-39(9)10)62(86)76(23)52(41(13)14)65(89)77(53)24/h25,27,36-54,78H,26,28-35,66H2,1-24H3,(H,67,80)(H,68,79)(H,69,82)(H,70,81)/b27-25+/t42-,43-,44+,45-,46-,47+,48-,49-,50-,51-,52-,53-,54-/m1/s1. The van der Waals surface area contributed by atoms with Crippen molar-refractivity contribution in [3.8, 4) is 0 Å². The number of nitrogens with zero attached hydrogens (tertiary/aromatic N) is 7. The molecular formula is C65H118N12O12S. The van der Waals surface area contributed by atoms with Crippen molar-refractivity contribution in [2.75, 3.05) is 67.4 Å². The third-order valence-corrected chi connectivity index (χ3v) is 18.0. The molecule has 90 heavy (non-hydrogen) atoms. The van der Waals surface area contributed by atoms with E-state index in [1.807, 2.05) is 61.5 Å². The van der Waals surface area contributed by atoms with Gasteiger partial charge >= 0.3 is 0 Å². The van der Waals surface area contributed by atoms with E-state index in [1.54, 1.807) is 54.5 Å². The van der Waals surface area contributed by atoms with E-state index in [9.17, 15) is 33.9 Å². The summed E-state index contributed by atoms with van der Waals surface area (Å²) in [5, 5.41) is 23.3. The normalized spacial score (nSPS) is 26.9. The van der Waals surface area contributed by atoms with Crippen LogP contribution in [-0.4, -0.2) is 244 Å². The summed E-state index contributed by atoms with van der Waals surface area (Å²) in [5.41, 5.74) is 5.91. The predicted molar refractivity (Wildman–Crippen MR) is 354 cm³/mol. The lowest BCUT2D eigenvalue weighted by Crippen LogP contribution is -2.64. The van der Waals surface area contributed by atoms with Crippen LogP contribution in [0.25, 0.3) is 0 Å². The highest BCUT2D eigenvalue weighted by atomic mass is 32.2. The monoisotopic (exact) mass is 1290 g/mol. The highest BCUT2D eigenvalue weighted by Gasteiger charge is 2.46.